The molecule has 0 spiro atoms. The number of carbonyl (C=O) groups excluding carboxylic acids is 1. The Labute approximate surface area is 102 Å². The minimum Gasteiger partial charge on any atom is -0.349 e. The van der Waals surface area contributed by atoms with E-state index in [4.69, 9.17) is 0 Å². The second kappa shape index (κ2) is 5.27. The molecule has 2 unspecified atom stereocenters. The van der Waals surface area contributed by atoms with E-state index >= 15 is 0 Å². The van der Waals surface area contributed by atoms with E-state index in [0.717, 1.165) is 18.7 Å². The molecule has 1 saturated heterocycles. The number of hydrogen-bond donors (Lipinski definition) is 2. The predicted molar refractivity (Wildman–Crippen MR) is 66.3 cm³/mol. The molecule has 1 amide bonds. The molecule has 1 fully saturated rings. The van der Waals surface area contributed by atoms with Gasteiger partial charge in [0.05, 0.1) is 6.04 Å². The average Bonchev–Trinajstić information content (AvgIpc) is 2.27. The standard InChI is InChI=1S/C13H19N3O/c1-9(12-7-15-8-12)13(17)16-10(2)11-3-5-14-6-4-11/h3-6,9-10,12,15H,7-8H2,1-2H3,(H,16,17). The Bertz CT molecular complexity index is 376. The Kier molecular flexibility index (Phi) is 3.74. The summed E-state index contributed by atoms with van der Waals surface area (Å²) >= 11 is 0. The van der Waals surface area contributed by atoms with Crippen LogP contribution >= 0.6 is 0 Å². The molecule has 2 rings (SSSR count). The number of hydrogen-bond acceptors (Lipinski definition) is 3. The van der Waals surface area contributed by atoms with Crippen LogP contribution in [0.4, 0.5) is 0 Å². The molecule has 92 valence electrons. The van der Waals surface area contributed by atoms with E-state index in [9.17, 15) is 4.79 Å². The molecule has 1 aliphatic rings. The van der Waals surface area contributed by atoms with Crippen LogP contribution in [0, 0.1) is 11.8 Å². The molecule has 1 aromatic heterocycles. The third-order valence-electron chi connectivity index (χ3n) is 3.50. The van der Waals surface area contributed by atoms with Crippen molar-refractivity contribution in [3.05, 3.63) is 30.1 Å². The molecule has 0 saturated carbocycles. The summed E-state index contributed by atoms with van der Waals surface area (Å²) in [5, 5.41) is 6.24. The lowest BCUT2D eigenvalue weighted by Crippen LogP contribution is -2.49. The highest BCUT2D eigenvalue weighted by Crippen LogP contribution is 2.18. The summed E-state index contributed by atoms with van der Waals surface area (Å²) in [5.41, 5.74) is 1.09. The zero-order valence-corrected chi connectivity index (χ0v) is 10.3. The Morgan fingerprint density at radius 1 is 1.41 bits per heavy atom. The van der Waals surface area contributed by atoms with E-state index < -0.39 is 0 Å². The molecule has 1 aliphatic heterocycles. The average molecular weight is 233 g/mol. The van der Waals surface area contributed by atoms with Crippen molar-refractivity contribution in [1.82, 2.24) is 15.6 Å². The highest BCUT2D eigenvalue weighted by atomic mass is 16.1. The van der Waals surface area contributed by atoms with Crippen LogP contribution in [0.5, 0.6) is 0 Å². The maximum Gasteiger partial charge on any atom is 0.223 e. The summed E-state index contributed by atoms with van der Waals surface area (Å²) in [5.74, 6) is 0.709. The van der Waals surface area contributed by atoms with Crippen LogP contribution < -0.4 is 10.6 Å². The summed E-state index contributed by atoms with van der Waals surface area (Å²) in [6, 6.07) is 3.90. The van der Waals surface area contributed by atoms with Gasteiger partial charge in [-0.05, 0) is 43.6 Å². The summed E-state index contributed by atoms with van der Waals surface area (Å²) < 4.78 is 0. The first-order chi connectivity index (χ1) is 8.18. The Morgan fingerprint density at radius 3 is 2.59 bits per heavy atom. The highest BCUT2D eigenvalue weighted by molar-refractivity contribution is 5.79. The number of carbonyl (C=O) groups is 1. The Morgan fingerprint density at radius 2 is 2.06 bits per heavy atom. The molecule has 2 heterocycles. The van der Waals surface area contributed by atoms with Gasteiger partial charge >= 0.3 is 0 Å². The van der Waals surface area contributed by atoms with E-state index in [2.05, 4.69) is 15.6 Å². The number of nitrogens with zero attached hydrogens (tertiary/aromatic N) is 1. The molecular formula is C13H19N3O. The highest BCUT2D eigenvalue weighted by Gasteiger charge is 2.29. The zero-order chi connectivity index (χ0) is 12.3. The van der Waals surface area contributed by atoms with Crippen molar-refractivity contribution in [2.45, 2.75) is 19.9 Å². The molecule has 0 aliphatic carbocycles. The summed E-state index contributed by atoms with van der Waals surface area (Å²) in [6.45, 7) is 5.91. The lowest BCUT2D eigenvalue weighted by molar-refractivity contribution is -0.127. The first-order valence-corrected chi connectivity index (χ1v) is 6.09. The summed E-state index contributed by atoms with van der Waals surface area (Å²) in [7, 11) is 0. The van der Waals surface area contributed by atoms with Crippen molar-refractivity contribution in [1.29, 1.82) is 0 Å². The molecule has 2 N–H and O–H groups in total. The number of amides is 1. The topological polar surface area (TPSA) is 54.0 Å². The van der Waals surface area contributed by atoms with Crippen molar-refractivity contribution in [2.24, 2.45) is 11.8 Å². The van der Waals surface area contributed by atoms with Gasteiger partial charge in [0, 0.05) is 18.3 Å². The van der Waals surface area contributed by atoms with Crippen LogP contribution in [-0.4, -0.2) is 24.0 Å². The third-order valence-corrected chi connectivity index (χ3v) is 3.50. The quantitative estimate of drug-likeness (QED) is 0.819. The summed E-state index contributed by atoms with van der Waals surface area (Å²) in [6.07, 6.45) is 3.49. The van der Waals surface area contributed by atoms with Gasteiger partial charge in [-0.2, -0.15) is 0 Å². The first kappa shape index (κ1) is 12.0. The monoisotopic (exact) mass is 233 g/mol. The molecular weight excluding hydrogens is 214 g/mol. The zero-order valence-electron chi connectivity index (χ0n) is 10.3. The van der Waals surface area contributed by atoms with Gasteiger partial charge in [-0.3, -0.25) is 9.78 Å². The van der Waals surface area contributed by atoms with Crippen molar-refractivity contribution >= 4 is 5.91 Å². The van der Waals surface area contributed by atoms with Crippen LogP contribution in [0.25, 0.3) is 0 Å². The normalized spacial score (nSPS) is 19.2. The SMILES string of the molecule is CC(NC(=O)C(C)C1CNC1)c1ccncc1. The smallest absolute Gasteiger partial charge is 0.223 e. The summed E-state index contributed by atoms with van der Waals surface area (Å²) in [4.78, 5) is 16.0. The van der Waals surface area contributed by atoms with Gasteiger partial charge in [0.25, 0.3) is 0 Å². The van der Waals surface area contributed by atoms with E-state index in [0.29, 0.717) is 5.92 Å². The number of aromatic nitrogens is 1. The second-order valence-corrected chi connectivity index (χ2v) is 4.72. The molecule has 4 heteroatoms. The van der Waals surface area contributed by atoms with Crippen molar-refractivity contribution in [3.8, 4) is 0 Å². The van der Waals surface area contributed by atoms with E-state index in [1.54, 1.807) is 12.4 Å². The fraction of sp³-hybridized carbons (Fsp3) is 0.538. The van der Waals surface area contributed by atoms with E-state index in [1.165, 1.54) is 0 Å². The van der Waals surface area contributed by atoms with Crippen molar-refractivity contribution in [2.75, 3.05) is 13.1 Å². The molecule has 4 nitrogen and oxygen atoms in total. The van der Waals surface area contributed by atoms with E-state index in [1.807, 2.05) is 26.0 Å². The van der Waals surface area contributed by atoms with Crippen LogP contribution in [-0.2, 0) is 4.79 Å². The van der Waals surface area contributed by atoms with E-state index in [-0.39, 0.29) is 17.9 Å². The fourth-order valence-corrected chi connectivity index (χ4v) is 1.96. The maximum atomic E-state index is 12.0. The molecule has 0 bridgehead atoms. The maximum absolute atomic E-state index is 12.0. The number of rotatable bonds is 4. The van der Waals surface area contributed by atoms with Gasteiger partial charge in [0.2, 0.25) is 5.91 Å². The molecule has 0 radical (unpaired) electrons. The van der Waals surface area contributed by atoms with Gasteiger partial charge in [0.15, 0.2) is 0 Å². The second-order valence-electron chi connectivity index (χ2n) is 4.72. The minimum absolute atomic E-state index is 0.0426. The predicted octanol–water partition coefficient (Wildman–Crippen LogP) is 1.11. The van der Waals surface area contributed by atoms with Crippen LogP contribution in [0.2, 0.25) is 0 Å². The molecule has 0 aromatic carbocycles. The van der Waals surface area contributed by atoms with Gasteiger partial charge in [-0.15, -0.1) is 0 Å². The van der Waals surface area contributed by atoms with Gasteiger partial charge in [-0.1, -0.05) is 6.92 Å². The third kappa shape index (κ3) is 2.82. The van der Waals surface area contributed by atoms with Crippen molar-refractivity contribution < 1.29 is 4.79 Å². The van der Waals surface area contributed by atoms with Crippen molar-refractivity contribution in [3.63, 3.8) is 0 Å². The largest absolute Gasteiger partial charge is 0.349 e. The minimum atomic E-state index is 0.0426. The molecule has 1 aromatic rings. The Hall–Kier alpha value is -1.42. The van der Waals surface area contributed by atoms with Gasteiger partial charge in [0.1, 0.15) is 0 Å². The van der Waals surface area contributed by atoms with Crippen LogP contribution in [0.1, 0.15) is 25.5 Å². The molecule has 2 atom stereocenters. The number of pyridine rings is 1. The first-order valence-electron chi connectivity index (χ1n) is 6.09. The van der Waals surface area contributed by atoms with Gasteiger partial charge < -0.3 is 10.6 Å². The fourth-order valence-electron chi connectivity index (χ4n) is 1.96. The Balaban J connectivity index is 1.89. The number of nitrogens with one attached hydrogen (secondary N) is 2. The van der Waals surface area contributed by atoms with Gasteiger partial charge in [-0.25, -0.2) is 0 Å². The lowest BCUT2D eigenvalue weighted by atomic mass is 9.88. The van der Waals surface area contributed by atoms with Crippen LogP contribution in [0.3, 0.4) is 0 Å². The lowest BCUT2D eigenvalue weighted by Gasteiger charge is -2.32. The van der Waals surface area contributed by atoms with Crippen LogP contribution in [0.15, 0.2) is 24.5 Å². The molecule has 17 heavy (non-hydrogen) atoms.